The molecule has 1 heterocycles. The van der Waals surface area contributed by atoms with Crippen molar-refractivity contribution in [3.05, 3.63) is 198 Å². The molecule has 212 valence electrons. The van der Waals surface area contributed by atoms with Crippen molar-refractivity contribution in [2.75, 3.05) is 4.90 Å². The minimum Gasteiger partial charge on any atom is -0.311 e. The largest absolute Gasteiger partial charge is 0.311 e. The van der Waals surface area contributed by atoms with E-state index < -0.39 is 0 Å². The summed E-state index contributed by atoms with van der Waals surface area (Å²) in [4.78, 5) is 5.02. The van der Waals surface area contributed by atoms with Gasteiger partial charge in [0, 0.05) is 26.9 Å². The summed E-state index contributed by atoms with van der Waals surface area (Å²) in [7, 11) is 0. The van der Waals surface area contributed by atoms with Crippen molar-refractivity contribution in [2.24, 2.45) is 0 Å². The predicted octanol–water partition coefficient (Wildman–Crippen LogP) is 11.7. The first-order chi connectivity index (χ1) is 22.3. The highest BCUT2D eigenvalue weighted by molar-refractivity contribution is 7.99. The lowest BCUT2D eigenvalue weighted by Gasteiger charge is -2.39. The third kappa shape index (κ3) is 3.96. The van der Waals surface area contributed by atoms with Crippen molar-refractivity contribution >= 4 is 28.8 Å². The Morgan fingerprint density at radius 1 is 0.378 bits per heavy atom. The molecule has 0 fully saturated rings. The first-order valence-electron chi connectivity index (χ1n) is 15.4. The Bertz CT molecular complexity index is 2170. The van der Waals surface area contributed by atoms with Crippen LogP contribution in [0, 0.1) is 0 Å². The van der Waals surface area contributed by atoms with Crippen LogP contribution in [-0.4, -0.2) is 0 Å². The van der Waals surface area contributed by atoms with E-state index in [2.05, 4.69) is 181 Å². The second kappa shape index (κ2) is 10.4. The van der Waals surface area contributed by atoms with Gasteiger partial charge in [0.25, 0.3) is 0 Å². The normalized spacial score (nSPS) is 15.6. The molecule has 1 atom stereocenters. The molecule has 7 aromatic carbocycles. The standard InChI is InChI=1S/C43H29NS/c1-3-12-30(13-4-1)31-22-26-34(27-23-31)44(33-14-5-2-6-15-33)35-28-24-32(25-29-35)43-38-18-8-7-16-36(38)37-17-11-21-41(42(37)43)45-40-20-10-9-19-39(40)43/h1-29H. The zero-order valence-corrected chi connectivity index (χ0v) is 25.4. The van der Waals surface area contributed by atoms with Gasteiger partial charge in [-0.2, -0.15) is 0 Å². The number of benzene rings is 7. The molecule has 1 aliphatic carbocycles. The van der Waals surface area contributed by atoms with Crippen molar-refractivity contribution in [3.8, 4) is 22.3 Å². The first-order valence-corrected chi connectivity index (χ1v) is 16.3. The van der Waals surface area contributed by atoms with E-state index in [1.807, 2.05) is 11.8 Å². The smallest absolute Gasteiger partial charge is 0.0735 e. The van der Waals surface area contributed by atoms with Crippen LogP contribution in [0.25, 0.3) is 22.3 Å². The third-order valence-corrected chi connectivity index (χ3v) is 10.5. The lowest BCUT2D eigenvalue weighted by atomic mass is 9.67. The van der Waals surface area contributed by atoms with Crippen molar-refractivity contribution in [1.82, 2.24) is 0 Å². The molecule has 0 bridgehead atoms. The molecular formula is C43H29NS. The van der Waals surface area contributed by atoms with E-state index in [1.165, 1.54) is 54.3 Å². The van der Waals surface area contributed by atoms with E-state index in [4.69, 9.17) is 0 Å². The average Bonchev–Trinajstić information content (AvgIpc) is 3.43. The van der Waals surface area contributed by atoms with E-state index in [-0.39, 0.29) is 5.41 Å². The van der Waals surface area contributed by atoms with Gasteiger partial charge in [-0.15, -0.1) is 0 Å². The first kappa shape index (κ1) is 26.1. The van der Waals surface area contributed by atoms with Crippen LogP contribution in [0.15, 0.2) is 186 Å². The van der Waals surface area contributed by atoms with Crippen molar-refractivity contribution < 1.29 is 0 Å². The SMILES string of the molecule is c1ccc(-c2ccc(N(c3ccccc3)c3ccc(C45c6ccccc6Sc6cccc(c64)-c4ccccc45)cc3)cc2)cc1. The number of rotatable bonds is 5. The second-order valence-electron chi connectivity index (χ2n) is 11.7. The van der Waals surface area contributed by atoms with Crippen LogP contribution in [0.2, 0.25) is 0 Å². The number of hydrogen-bond acceptors (Lipinski definition) is 2. The van der Waals surface area contributed by atoms with Crippen LogP contribution in [0.5, 0.6) is 0 Å². The van der Waals surface area contributed by atoms with Gasteiger partial charge in [-0.25, -0.2) is 0 Å². The van der Waals surface area contributed by atoms with Crippen LogP contribution in [0.3, 0.4) is 0 Å². The molecule has 7 aromatic rings. The lowest BCUT2D eigenvalue weighted by molar-refractivity contribution is 0.724. The summed E-state index contributed by atoms with van der Waals surface area (Å²) in [5.74, 6) is 0. The molecule has 0 spiro atoms. The maximum absolute atomic E-state index is 2.36. The number of fused-ring (bicyclic) bond motifs is 5. The van der Waals surface area contributed by atoms with Gasteiger partial charge in [0.05, 0.1) is 5.41 Å². The van der Waals surface area contributed by atoms with Gasteiger partial charge in [-0.05, 0) is 93.0 Å². The maximum Gasteiger partial charge on any atom is 0.0735 e. The van der Waals surface area contributed by atoms with E-state index in [0.29, 0.717) is 0 Å². The summed E-state index contributed by atoms with van der Waals surface area (Å²) in [5, 5.41) is 0. The molecule has 0 N–H and O–H groups in total. The Morgan fingerprint density at radius 2 is 0.911 bits per heavy atom. The minimum absolute atomic E-state index is 0.363. The van der Waals surface area contributed by atoms with Gasteiger partial charge < -0.3 is 4.90 Å². The van der Waals surface area contributed by atoms with Crippen LogP contribution >= 0.6 is 11.8 Å². The topological polar surface area (TPSA) is 3.24 Å². The van der Waals surface area contributed by atoms with E-state index in [9.17, 15) is 0 Å². The summed E-state index contributed by atoms with van der Waals surface area (Å²) < 4.78 is 0. The zero-order chi connectivity index (χ0) is 29.8. The monoisotopic (exact) mass is 591 g/mol. The Kier molecular flexibility index (Phi) is 6.04. The van der Waals surface area contributed by atoms with Crippen LogP contribution in [0.1, 0.15) is 22.3 Å². The molecule has 0 saturated heterocycles. The molecule has 1 nitrogen and oxygen atoms in total. The molecule has 1 aliphatic heterocycles. The fraction of sp³-hybridized carbons (Fsp3) is 0.0233. The van der Waals surface area contributed by atoms with Crippen molar-refractivity contribution in [3.63, 3.8) is 0 Å². The van der Waals surface area contributed by atoms with E-state index in [0.717, 1.165) is 17.1 Å². The number of anilines is 3. The Balaban J connectivity index is 1.21. The fourth-order valence-electron chi connectivity index (χ4n) is 7.44. The summed E-state index contributed by atoms with van der Waals surface area (Å²) in [6.07, 6.45) is 0. The average molecular weight is 592 g/mol. The minimum atomic E-state index is -0.363. The van der Waals surface area contributed by atoms with Crippen LogP contribution in [0.4, 0.5) is 17.1 Å². The van der Waals surface area contributed by atoms with Gasteiger partial charge in [0.1, 0.15) is 0 Å². The fourth-order valence-corrected chi connectivity index (χ4v) is 8.67. The van der Waals surface area contributed by atoms with E-state index in [1.54, 1.807) is 0 Å². The van der Waals surface area contributed by atoms with Crippen LogP contribution < -0.4 is 4.90 Å². The Morgan fingerprint density at radius 3 is 1.67 bits per heavy atom. The summed E-state index contributed by atoms with van der Waals surface area (Å²) in [6.45, 7) is 0. The lowest BCUT2D eigenvalue weighted by Crippen LogP contribution is -2.31. The molecule has 0 radical (unpaired) electrons. The van der Waals surface area contributed by atoms with E-state index >= 15 is 0 Å². The third-order valence-electron chi connectivity index (χ3n) is 9.34. The maximum atomic E-state index is 2.36. The summed E-state index contributed by atoms with van der Waals surface area (Å²) in [6, 6.07) is 64.2. The van der Waals surface area contributed by atoms with Gasteiger partial charge >= 0.3 is 0 Å². The summed E-state index contributed by atoms with van der Waals surface area (Å²) in [5.41, 5.74) is 13.6. The van der Waals surface area contributed by atoms with Gasteiger partial charge in [0.2, 0.25) is 0 Å². The summed E-state index contributed by atoms with van der Waals surface area (Å²) >= 11 is 1.90. The molecule has 9 rings (SSSR count). The molecule has 2 aliphatic rings. The van der Waals surface area contributed by atoms with Crippen molar-refractivity contribution in [2.45, 2.75) is 15.2 Å². The zero-order valence-electron chi connectivity index (χ0n) is 24.6. The van der Waals surface area contributed by atoms with Gasteiger partial charge in [-0.1, -0.05) is 139 Å². The highest BCUT2D eigenvalue weighted by Gasteiger charge is 2.50. The molecule has 2 heteroatoms. The van der Waals surface area contributed by atoms with Gasteiger partial charge in [-0.3, -0.25) is 0 Å². The Labute approximate surface area is 268 Å². The Hall–Kier alpha value is -5.31. The van der Waals surface area contributed by atoms with Crippen LogP contribution in [-0.2, 0) is 5.41 Å². The highest BCUT2D eigenvalue weighted by atomic mass is 32.2. The highest BCUT2D eigenvalue weighted by Crippen LogP contribution is 2.63. The molecule has 45 heavy (non-hydrogen) atoms. The van der Waals surface area contributed by atoms with Crippen molar-refractivity contribution in [1.29, 1.82) is 0 Å². The number of nitrogens with zero attached hydrogens (tertiary/aromatic N) is 1. The second-order valence-corrected chi connectivity index (χ2v) is 12.8. The number of hydrogen-bond donors (Lipinski definition) is 0. The number of para-hydroxylation sites is 1. The molecule has 1 unspecified atom stereocenters. The molecule has 0 saturated carbocycles. The molecular weight excluding hydrogens is 563 g/mol. The molecule has 0 amide bonds. The van der Waals surface area contributed by atoms with Gasteiger partial charge in [0.15, 0.2) is 0 Å². The predicted molar refractivity (Wildman–Crippen MR) is 188 cm³/mol. The molecule has 0 aromatic heterocycles. The quantitative estimate of drug-likeness (QED) is 0.196.